The van der Waals surface area contributed by atoms with E-state index in [-0.39, 0.29) is 6.04 Å². The van der Waals surface area contributed by atoms with Gasteiger partial charge in [0.25, 0.3) is 0 Å². The molecule has 0 fully saturated rings. The van der Waals surface area contributed by atoms with Gasteiger partial charge in [0.2, 0.25) is 0 Å². The molecule has 106 valence electrons. The summed E-state index contributed by atoms with van der Waals surface area (Å²) in [7, 11) is 3.24. The fraction of sp³-hybridized carbons (Fsp3) is 0.333. The molecular weight excluding hydrogens is 254 g/mol. The normalized spacial score (nSPS) is 11.9. The molecule has 20 heavy (non-hydrogen) atoms. The molecule has 0 radical (unpaired) electrons. The first-order chi connectivity index (χ1) is 9.76. The molecule has 0 saturated heterocycles. The number of aromatic nitrogens is 2. The Morgan fingerprint density at radius 2 is 2.05 bits per heavy atom. The monoisotopic (exact) mass is 273 g/mol. The number of hydrogen-bond acceptors (Lipinski definition) is 5. The SMILES string of the molecule is COc1ccnc(CN[C@H](C)c2cccnc2)c1OC. The van der Waals surface area contributed by atoms with Crippen LogP contribution >= 0.6 is 0 Å². The highest BCUT2D eigenvalue weighted by Crippen LogP contribution is 2.29. The zero-order valence-corrected chi connectivity index (χ0v) is 12.0. The van der Waals surface area contributed by atoms with Crippen molar-refractivity contribution in [2.24, 2.45) is 0 Å². The lowest BCUT2D eigenvalue weighted by Gasteiger charge is -2.16. The van der Waals surface area contributed by atoms with Crippen molar-refractivity contribution in [1.82, 2.24) is 15.3 Å². The molecule has 5 heteroatoms. The third-order valence-corrected chi connectivity index (χ3v) is 3.13. The lowest BCUT2D eigenvalue weighted by molar-refractivity contribution is 0.347. The molecule has 0 aliphatic rings. The van der Waals surface area contributed by atoms with Gasteiger partial charge in [-0.25, -0.2) is 0 Å². The number of hydrogen-bond donors (Lipinski definition) is 1. The van der Waals surface area contributed by atoms with Crippen LogP contribution in [-0.4, -0.2) is 24.2 Å². The number of pyridine rings is 2. The van der Waals surface area contributed by atoms with Crippen molar-refractivity contribution in [2.75, 3.05) is 14.2 Å². The third-order valence-electron chi connectivity index (χ3n) is 3.13. The van der Waals surface area contributed by atoms with E-state index in [4.69, 9.17) is 9.47 Å². The highest BCUT2D eigenvalue weighted by Gasteiger charge is 2.12. The minimum Gasteiger partial charge on any atom is -0.493 e. The second-order valence-corrected chi connectivity index (χ2v) is 4.38. The lowest BCUT2D eigenvalue weighted by atomic mass is 10.1. The van der Waals surface area contributed by atoms with Gasteiger partial charge in [-0.05, 0) is 18.6 Å². The second-order valence-electron chi connectivity index (χ2n) is 4.38. The van der Waals surface area contributed by atoms with E-state index < -0.39 is 0 Å². The molecule has 5 nitrogen and oxygen atoms in total. The molecule has 0 bridgehead atoms. The predicted octanol–water partition coefficient (Wildman–Crippen LogP) is 2.34. The number of ether oxygens (including phenoxy) is 2. The molecule has 2 heterocycles. The fourth-order valence-electron chi connectivity index (χ4n) is 1.98. The van der Waals surface area contributed by atoms with Crippen molar-refractivity contribution in [3.05, 3.63) is 48.0 Å². The summed E-state index contributed by atoms with van der Waals surface area (Å²) in [5, 5.41) is 3.40. The van der Waals surface area contributed by atoms with Crippen molar-refractivity contribution in [3.8, 4) is 11.5 Å². The maximum absolute atomic E-state index is 5.37. The van der Waals surface area contributed by atoms with Crippen LogP contribution < -0.4 is 14.8 Å². The Morgan fingerprint density at radius 3 is 2.70 bits per heavy atom. The van der Waals surface area contributed by atoms with Gasteiger partial charge in [0.05, 0.1) is 19.9 Å². The van der Waals surface area contributed by atoms with Crippen LogP contribution in [0, 0.1) is 0 Å². The van der Waals surface area contributed by atoms with Gasteiger partial charge in [-0.3, -0.25) is 9.97 Å². The highest BCUT2D eigenvalue weighted by molar-refractivity contribution is 5.42. The Morgan fingerprint density at radius 1 is 1.20 bits per heavy atom. The van der Waals surface area contributed by atoms with Crippen LogP contribution in [-0.2, 0) is 6.54 Å². The van der Waals surface area contributed by atoms with E-state index in [1.54, 1.807) is 32.7 Å². The largest absolute Gasteiger partial charge is 0.493 e. The summed E-state index contributed by atoms with van der Waals surface area (Å²) in [5.74, 6) is 1.36. The van der Waals surface area contributed by atoms with Gasteiger partial charge in [0.1, 0.15) is 0 Å². The van der Waals surface area contributed by atoms with Crippen molar-refractivity contribution in [3.63, 3.8) is 0 Å². The summed E-state index contributed by atoms with van der Waals surface area (Å²) in [6.07, 6.45) is 5.34. The summed E-state index contributed by atoms with van der Waals surface area (Å²) in [5.41, 5.74) is 1.96. The Balaban J connectivity index is 2.07. The van der Waals surface area contributed by atoms with Crippen LogP contribution in [0.2, 0.25) is 0 Å². The van der Waals surface area contributed by atoms with E-state index in [0.29, 0.717) is 18.0 Å². The predicted molar refractivity (Wildman–Crippen MR) is 76.8 cm³/mol. The van der Waals surface area contributed by atoms with Crippen LogP contribution in [0.1, 0.15) is 24.2 Å². The fourth-order valence-corrected chi connectivity index (χ4v) is 1.98. The Hall–Kier alpha value is -2.14. The van der Waals surface area contributed by atoms with Gasteiger partial charge >= 0.3 is 0 Å². The van der Waals surface area contributed by atoms with Crippen LogP contribution in [0.4, 0.5) is 0 Å². The van der Waals surface area contributed by atoms with Crippen LogP contribution in [0.15, 0.2) is 36.8 Å². The summed E-state index contributed by atoms with van der Waals surface area (Å²) < 4.78 is 10.6. The summed E-state index contributed by atoms with van der Waals surface area (Å²) in [4.78, 5) is 8.46. The maximum atomic E-state index is 5.37. The average molecular weight is 273 g/mol. The molecule has 0 spiro atoms. The first-order valence-corrected chi connectivity index (χ1v) is 6.45. The summed E-state index contributed by atoms with van der Waals surface area (Å²) >= 11 is 0. The molecule has 0 aromatic carbocycles. The van der Waals surface area contributed by atoms with Gasteiger partial charge < -0.3 is 14.8 Å². The molecule has 0 amide bonds. The smallest absolute Gasteiger partial charge is 0.183 e. The van der Waals surface area contributed by atoms with Crippen LogP contribution in [0.5, 0.6) is 11.5 Å². The first kappa shape index (κ1) is 14.3. The van der Waals surface area contributed by atoms with Gasteiger partial charge in [0.15, 0.2) is 11.5 Å². The van der Waals surface area contributed by atoms with Crippen LogP contribution in [0.3, 0.4) is 0 Å². The number of rotatable bonds is 6. The quantitative estimate of drug-likeness (QED) is 0.875. The van der Waals surface area contributed by atoms with E-state index in [1.807, 2.05) is 18.3 Å². The van der Waals surface area contributed by atoms with E-state index in [0.717, 1.165) is 11.3 Å². The van der Waals surface area contributed by atoms with Gasteiger partial charge in [-0.2, -0.15) is 0 Å². The summed E-state index contributed by atoms with van der Waals surface area (Å²) in [6.45, 7) is 2.68. The van der Waals surface area contributed by atoms with Crippen molar-refractivity contribution < 1.29 is 9.47 Å². The second kappa shape index (κ2) is 6.86. The molecule has 0 unspecified atom stereocenters. The molecule has 0 aliphatic carbocycles. The number of nitrogens with zero attached hydrogens (tertiary/aromatic N) is 2. The molecule has 2 aromatic rings. The van der Waals surface area contributed by atoms with E-state index in [2.05, 4.69) is 22.2 Å². The van der Waals surface area contributed by atoms with Gasteiger partial charge in [-0.1, -0.05) is 6.07 Å². The molecule has 1 atom stereocenters. The first-order valence-electron chi connectivity index (χ1n) is 6.45. The van der Waals surface area contributed by atoms with Crippen molar-refractivity contribution >= 4 is 0 Å². The maximum Gasteiger partial charge on any atom is 0.183 e. The zero-order valence-electron chi connectivity index (χ0n) is 12.0. The van der Waals surface area contributed by atoms with Gasteiger partial charge in [0, 0.05) is 37.2 Å². The molecule has 0 saturated carbocycles. The summed E-state index contributed by atoms with van der Waals surface area (Å²) in [6, 6.07) is 5.94. The molecule has 0 aliphatic heterocycles. The number of methoxy groups -OCH3 is 2. The number of nitrogens with one attached hydrogen (secondary N) is 1. The molecule has 2 rings (SSSR count). The van der Waals surface area contributed by atoms with E-state index in [1.165, 1.54) is 0 Å². The van der Waals surface area contributed by atoms with E-state index >= 15 is 0 Å². The molecular formula is C15H19N3O2. The Bertz CT molecular complexity index is 546. The van der Waals surface area contributed by atoms with Crippen LogP contribution in [0.25, 0.3) is 0 Å². The standard InChI is InChI=1S/C15H19N3O2/c1-11(12-5-4-7-16-9-12)18-10-13-15(20-3)14(19-2)6-8-17-13/h4-9,11,18H,10H2,1-3H3/t11-/m1/s1. The molecule has 2 aromatic heterocycles. The van der Waals surface area contributed by atoms with Crippen molar-refractivity contribution in [2.45, 2.75) is 19.5 Å². The Kier molecular flexibility index (Phi) is 4.90. The van der Waals surface area contributed by atoms with E-state index in [9.17, 15) is 0 Å². The average Bonchev–Trinajstić information content (AvgIpc) is 2.52. The lowest BCUT2D eigenvalue weighted by Crippen LogP contribution is -2.19. The topological polar surface area (TPSA) is 56.3 Å². The highest BCUT2D eigenvalue weighted by atomic mass is 16.5. The minimum absolute atomic E-state index is 0.182. The minimum atomic E-state index is 0.182. The Labute approximate surface area is 119 Å². The zero-order chi connectivity index (χ0) is 14.4. The van der Waals surface area contributed by atoms with Crippen molar-refractivity contribution in [1.29, 1.82) is 0 Å². The molecule has 1 N–H and O–H groups in total. The third kappa shape index (κ3) is 3.24. The van der Waals surface area contributed by atoms with Gasteiger partial charge in [-0.15, -0.1) is 0 Å².